The largest absolute Gasteiger partial charge is 0.488 e. The van der Waals surface area contributed by atoms with Crippen LogP contribution in [-0.2, 0) is 24.2 Å². The summed E-state index contributed by atoms with van der Waals surface area (Å²) < 4.78 is 11.9. The number of rotatable bonds is 8. The lowest BCUT2D eigenvalue weighted by molar-refractivity contribution is 0.138. The molecule has 0 aliphatic carbocycles. The molecule has 6 heteroatoms. The Morgan fingerprint density at radius 1 is 1.06 bits per heavy atom. The van der Waals surface area contributed by atoms with E-state index in [9.17, 15) is 5.11 Å². The summed E-state index contributed by atoms with van der Waals surface area (Å²) in [4.78, 5) is 7.33. The zero-order valence-corrected chi connectivity index (χ0v) is 21.4. The lowest BCUT2D eigenvalue weighted by atomic mass is 10.0. The van der Waals surface area contributed by atoms with Gasteiger partial charge in [0.15, 0.2) is 0 Å². The molecule has 0 saturated carbocycles. The normalized spacial score (nSPS) is 19.7. The SMILES string of the molecule is COC[C@@H]1[C@H](CO)CCN1c1cccc(-c2cccc(C)c2OCc2ccc3c(c2)CCNCC3)n1. The summed E-state index contributed by atoms with van der Waals surface area (Å²) in [5, 5.41) is 13.3. The fourth-order valence-electron chi connectivity index (χ4n) is 5.56. The van der Waals surface area contributed by atoms with Gasteiger partial charge in [-0.1, -0.05) is 36.4 Å². The fraction of sp³-hybridized carbons (Fsp3) is 0.433. The summed E-state index contributed by atoms with van der Waals surface area (Å²) in [5.41, 5.74) is 7.05. The molecular formula is C30H37N3O3. The lowest BCUT2D eigenvalue weighted by Crippen LogP contribution is -2.38. The minimum Gasteiger partial charge on any atom is -0.488 e. The second-order valence-corrected chi connectivity index (χ2v) is 9.92. The number of nitrogens with zero attached hydrogens (tertiary/aromatic N) is 2. The molecule has 0 bridgehead atoms. The zero-order valence-electron chi connectivity index (χ0n) is 21.4. The fourth-order valence-corrected chi connectivity index (χ4v) is 5.56. The van der Waals surface area contributed by atoms with Crippen LogP contribution in [0.1, 0.15) is 28.7 Å². The van der Waals surface area contributed by atoms with Gasteiger partial charge in [0.25, 0.3) is 0 Å². The van der Waals surface area contributed by atoms with Crippen LogP contribution in [0.4, 0.5) is 5.82 Å². The minimum atomic E-state index is 0.124. The van der Waals surface area contributed by atoms with Gasteiger partial charge in [-0.3, -0.25) is 0 Å². The third-order valence-corrected chi connectivity index (χ3v) is 7.57. The van der Waals surface area contributed by atoms with Crippen LogP contribution in [0.5, 0.6) is 5.75 Å². The van der Waals surface area contributed by atoms with Crippen molar-refractivity contribution in [2.45, 2.75) is 38.8 Å². The smallest absolute Gasteiger partial charge is 0.132 e. The highest BCUT2D eigenvalue weighted by Crippen LogP contribution is 2.35. The maximum absolute atomic E-state index is 9.84. The molecular weight excluding hydrogens is 450 g/mol. The first-order valence-electron chi connectivity index (χ1n) is 13.1. The molecule has 0 amide bonds. The van der Waals surface area contributed by atoms with Crippen molar-refractivity contribution in [3.8, 4) is 17.0 Å². The van der Waals surface area contributed by atoms with E-state index >= 15 is 0 Å². The van der Waals surface area contributed by atoms with Crippen LogP contribution >= 0.6 is 0 Å². The Bertz CT molecular complexity index is 1180. The number of pyridine rings is 1. The summed E-state index contributed by atoms with van der Waals surface area (Å²) >= 11 is 0. The van der Waals surface area contributed by atoms with Crippen molar-refractivity contribution in [3.05, 3.63) is 76.9 Å². The van der Waals surface area contributed by atoms with Gasteiger partial charge >= 0.3 is 0 Å². The number of aliphatic hydroxyl groups is 1. The number of para-hydroxylation sites is 1. The summed E-state index contributed by atoms with van der Waals surface area (Å²) in [6.07, 6.45) is 3.08. The Balaban J connectivity index is 1.39. The molecule has 6 nitrogen and oxygen atoms in total. The molecule has 36 heavy (non-hydrogen) atoms. The van der Waals surface area contributed by atoms with Crippen LogP contribution in [0.15, 0.2) is 54.6 Å². The van der Waals surface area contributed by atoms with E-state index in [0.29, 0.717) is 13.2 Å². The number of methoxy groups -OCH3 is 1. The maximum atomic E-state index is 9.84. The Morgan fingerprint density at radius 3 is 2.72 bits per heavy atom. The highest BCUT2D eigenvalue weighted by Gasteiger charge is 2.34. The first kappa shape index (κ1) is 24.8. The highest BCUT2D eigenvalue weighted by atomic mass is 16.5. The molecule has 2 aliphatic heterocycles. The van der Waals surface area contributed by atoms with Crippen molar-refractivity contribution in [2.24, 2.45) is 5.92 Å². The molecule has 1 fully saturated rings. The standard InChI is InChI=1S/C30H37N3O3/c1-21-5-3-6-26(30(21)36-19-22-9-10-23-11-14-31-15-12-24(23)17-22)27-7-4-8-29(32-27)33-16-13-25(18-34)28(33)20-35-2/h3-10,17,25,28,31,34H,11-16,18-20H2,1-2H3/t25-,28+/m0/s1. The number of hydrogen-bond donors (Lipinski definition) is 2. The van der Waals surface area contributed by atoms with E-state index in [1.165, 1.54) is 16.7 Å². The summed E-state index contributed by atoms with van der Waals surface area (Å²) in [6, 6.07) is 19.3. The number of ether oxygens (including phenoxy) is 2. The monoisotopic (exact) mass is 487 g/mol. The third-order valence-electron chi connectivity index (χ3n) is 7.57. The van der Waals surface area contributed by atoms with Crippen LogP contribution in [0.2, 0.25) is 0 Å². The van der Waals surface area contributed by atoms with Crippen LogP contribution in [0, 0.1) is 12.8 Å². The van der Waals surface area contributed by atoms with Gasteiger partial charge in [0.1, 0.15) is 18.2 Å². The van der Waals surface area contributed by atoms with Gasteiger partial charge in [0.05, 0.1) is 18.3 Å². The van der Waals surface area contributed by atoms with E-state index in [4.69, 9.17) is 14.5 Å². The van der Waals surface area contributed by atoms with E-state index in [2.05, 4.69) is 59.6 Å². The lowest BCUT2D eigenvalue weighted by Gasteiger charge is -2.28. The molecule has 3 heterocycles. The molecule has 3 aromatic rings. The number of anilines is 1. The number of fused-ring (bicyclic) bond motifs is 1. The van der Waals surface area contributed by atoms with Crippen LogP contribution in [0.25, 0.3) is 11.3 Å². The van der Waals surface area contributed by atoms with Crippen LogP contribution in [-0.4, -0.2) is 56.1 Å². The predicted molar refractivity (Wildman–Crippen MR) is 144 cm³/mol. The Morgan fingerprint density at radius 2 is 1.89 bits per heavy atom. The molecule has 2 aliphatic rings. The van der Waals surface area contributed by atoms with Crippen molar-refractivity contribution in [1.82, 2.24) is 10.3 Å². The quantitative estimate of drug-likeness (QED) is 0.498. The summed E-state index contributed by atoms with van der Waals surface area (Å²) in [6.45, 7) is 6.30. The van der Waals surface area contributed by atoms with E-state index in [0.717, 1.165) is 67.3 Å². The topological polar surface area (TPSA) is 66.9 Å². The first-order chi connectivity index (χ1) is 17.7. The maximum Gasteiger partial charge on any atom is 0.132 e. The molecule has 5 rings (SSSR count). The molecule has 2 aromatic carbocycles. The van der Waals surface area contributed by atoms with Gasteiger partial charge in [0, 0.05) is 31.7 Å². The average molecular weight is 488 g/mol. The Labute approximate surface area is 214 Å². The van der Waals surface area contributed by atoms with Crippen molar-refractivity contribution < 1.29 is 14.6 Å². The summed E-state index contributed by atoms with van der Waals surface area (Å²) in [7, 11) is 1.71. The van der Waals surface area contributed by atoms with E-state index in [-0.39, 0.29) is 18.6 Å². The van der Waals surface area contributed by atoms with Crippen molar-refractivity contribution >= 4 is 5.82 Å². The molecule has 2 atom stereocenters. The minimum absolute atomic E-state index is 0.124. The average Bonchev–Trinajstić information content (AvgIpc) is 3.16. The van der Waals surface area contributed by atoms with Gasteiger partial charge < -0.3 is 24.8 Å². The van der Waals surface area contributed by atoms with Crippen molar-refractivity contribution in [1.29, 1.82) is 0 Å². The summed E-state index contributed by atoms with van der Waals surface area (Å²) in [5.74, 6) is 1.99. The third kappa shape index (κ3) is 5.26. The highest BCUT2D eigenvalue weighted by molar-refractivity contribution is 5.70. The number of hydrogen-bond acceptors (Lipinski definition) is 6. The van der Waals surface area contributed by atoms with Gasteiger partial charge in [-0.05, 0) is 79.7 Å². The van der Waals surface area contributed by atoms with Gasteiger partial charge in [-0.2, -0.15) is 0 Å². The number of aromatic nitrogens is 1. The first-order valence-corrected chi connectivity index (χ1v) is 13.1. The Kier molecular flexibility index (Phi) is 7.85. The van der Waals surface area contributed by atoms with E-state index in [1.807, 2.05) is 12.1 Å². The van der Waals surface area contributed by atoms with E-state index in [1.54, 1.807) is 7.11 Å². The molecule has 0 radical (unpaired) electrons. The molecule has 0 spiro atoms. The molecule has 0 unspecified atom stereocenters. The number of aryl methyl sites for hydroxylation is 1. The number of benzene rings is 2. The predicted octanol–water partition coefficient (Wildman–Crippen LogP) is 4.16. The van der Waals surface area contributed by atoms with Gasteiger partial charge in [0.2, 0.25) is 0 Å². The van der Waals surface area contributed by atoms with Crippen LogP contribution in [0.3, 0.4) is 0 Å². The number of aliphatic hydroxyl groups excluding tert-OH is 1. The zero-order chi connectivity index (χ0) is 24.9. The van der Waals surface area contributed by atoms with Gasteiger partial charge in [-0.25, -0.2) is 4.98 Å². The number of nitrogens with one attached hydrogen (secondary N) is 1. The Hall–Kier alpha value is -2.93. The second kappa shape index (κ2) is 11.4. The van der Waals surface area contributed by atoms with Crippen molar-refractivity contribution in [2.75, 3.05) is 44.9 Å². The molecule has 1 saturated heterocycles. The van der Waals surface area contributed by atoms with Crippen LogP contribution < -0.4 is 15.0 Å². The van der Waals surface area contributed by atoms with Crippen molar-refractivity contribution in [3.63, 3.8) is 0 Å². The molecule has 1 aromatic heterocycles. The van der Waals surface area contributed by atoms with Gasteiger partial charge in [-0.15, -0.1) is 0 Å². The molecule has 2 N–H and O–H groups in total. The second-order valence-electron chi connectivity index (χ2n) is 9.92. The van der Waals surface area contributed by atoms with E-state index < -0.39 is 0 Å². The molecule has 190 valence electrons.